The first-order chi connectivity index (χ1) is 8.16. The smallest absolute Gasteiger partial charge is 0.240 e. The molecular weight excluding hydrogens is 216 g/mol. The van der Waals surface area contributed by atoms with Crippen molar-refractivity contribution in [2.75, 3.05) is 6.54 Å². The highest BCUT2D eigenvalue weighted by atomic mass is 16.3. The van der Waals surface area contributed by atoms with E-state index in [0.29, 0.717) is 25.3 Å². The third-order valence-corrected chi connectivity index (χ3v) is 4.16. The van der Waals surface area contributed by atoms with Crippen LogP contribution in [0.2, 0.25) is 0 Å². The maximum absolute atomic E-state index is 11.9. The quantitative estimate of drug-likeness (QED) is 0.776. The van der Waals surface area contributed by atoms with Crippen LogP contribution in [0.5, 0.6) is 0 Å². The van der Waals surface area contributed by atoms with E-state index in [1.165, 1.54) is 0 Å². The number of amides is 1. The zero-order valence-corrected chi connectivity index (χ0v) is 10.1. The second-order valence-corrected chi connectivity index (χ2v) is 5.44. The Balaban J connectivity index is 1.78. The number of carbonyl (C=O) groups excluding carboxylic acids is 1. The van der Waals surface area contributed by atoms with Crippen LogP contribution in [0.25, 0.3) is 0 Å². The molecule has 0 heterocycles. The summed E-state index contributed by atoms with van der Waals surface area (Å²) in [7, 11) is 0. The molecule has 4 heteroatoms. The summed E-state index contributed by atoms with van der Waals surface area (Å²) in [6.45, 7) is 0.610. The van der Waals surface area contributed by atoms with Crippen molar-refractivity contribution >= 4 is 5.91 Å². The largest absolute Gasteiger partial charge is 0.393 e. The van der Waals surface area contributed by atoms with Gasteiger partial charge in [0, 0.05) is 6.54 Å². The Hall–Kier alpha value is -1.08. The molecule has 0 spiro atoms. The lowest BCUT2D eigenvalue weighted by Crippen LogP contribution is -2.46. The summed E-state index contributed by atoms with van der Waals surface area (Å²) in [6, 6.07) is 2.15. The Labute approximate surface area is 102 Å². The lowest BCUT2D eigenvalue weighted by Gasteiger charge is -2.34. The van der Waals surface area contributed by atoms with Crippen molar-refractivity contribution in [3.63, 3.8) is 0 Å². The van der Waals surface area contributed by atoms with Crippen molar-refractivity contribution < 1.29 is 9.90 Å². The zero-order valence-electron chi connectivity index (χ0n) is 10.1. The Morgan fingerprint density at radius 1 is 1.41 bits per heavy atom. The van der Waals surface area contributed by atoms with Crippen LogP contribution in [-0.2, 0) is 4.79 Å². The normalized spacial score (nSPS) is 31.1. The number of hydrogen-bond donors (Lipinski definition) is 2. The molecule has 0 aromatic rings. The van der Waals surface area contributed by atoms with E-state index in [-0.39, 0.29) is 12.0 Å². The van der Waals surface area contributed by atoms with Gasteiger partial charge in [-0.1, -0.05) is 6.42 Å². The van der Waals surface area contributed by atoms with E-state index < -0.39 is 5.41 Å². The second kappa shape index (κ2) is 5.05. The van der Waals surface area contributed by atoms with E-state index in [0.717, 1.165) is 32.1 Å². The van der Waals surface area contributed by atoms with Gasteiger partial charge in [0.25, 0.3) is 0 Å². The molecule has 2 N–H and O–H groups in total. The molecule has 2 rings (SSSR count). The van der Waals surface area contributed by atoms with Crippen molar-refractivity contribution in [2.24, 2.45) is 11.3 Å². The molecule has 0 aromatic carbocycles. The van der Waals surface area contributed by atoms with Crippen LogP contribution >= 0.6 is 0 Å². The molecule has 0 aromatic heterocycles. The average molecular weight is 236 g/mol. The summed E-state index contributed by atoms with van der Waals surface area (Å²) < 4.78 is 0. The maximum Gasteiger partial charge on any atom is 0.240 e. The molecule has 0 radical (unpaired) electrons. The summed E-state index contributed by atoms with van der Waals surface area (Å²) in [5, 5.41) is 21.5. The Morgan fingerprint density at radius 3 is 2.71 bits per heavy atom. The molecule has 0 aliphatic heterocycles. The van der Waals surface area contributed by atoms with E-state index in [4.69, 9.17) is 5.26 Å². The lowest BCUT2D eigenvalue weighted by molar-refractivity contribution is -0.132. The van der Waals surface area contributed by atoms with Crippen molar-refractivity contribution in [3.05, 3.63) is 0 Å². The Bertz CT molecular complexity index is 331. The van der Waals surface area contributed by atoms with Gasteiger partial charge in [-0.3, -0.25) is 4.79 Å². The van der Waals surface area contributed by atoms with Crippen LogP contribution in [0.3, 0.4) is 0 Å². The van der Waals surface area contributed by atoms with Crippen LogP contribution in [0.4, 0.5) is 0 Å². The lowest BCUT2D eigenvalue weighted by atomic mass is 9.69. The fourth-order valence-corrected chi connectivity index (χ4v) is 2.77. The highest BCUT2D eigenvalue weighted by Gasteiger charge is 2.44. The second-order valence-electron chi connectivity index (χ2n) is 5.44. The van der Waals surface area contributed by atoms with Crippen LogP contribution in [0, 0.1) is 22.7 Å². The van der Waals surface area contributed by atoms with Gasteiger partial charge >= 0.3 is 0 Å². The SMILES string of the molecule is N#CC1(C(=O)NCC2CCCC(O)C2)CCC1. The van der Waals surface area contributed by atoms with Crippen molar-refractivity contribution in [2.45, 2.75) is 51.0 Å². The number of nitriles is 1. The third-order valence-electron chi connectivity index (χ3n) is 4.16. The van der Waals surface area contributed by atoms with Gasteiger partial charge in [-0.25, -0.2) is 0 Å². The fraction of sp³-hybridized carbons (Fsp3) is 0.846. The summed E-state index contributed by atoms with van der Waals surface area (Å²) in [4.78, 5) is 11.9. The van der Waals surface area contributed by atoms with Crippen LogP contribution < -0.4 is 5.32 Å². The van der Waals surface area contributed by atoms with Gasteiger partial charge in [0.05, 0.1) is 12.2 Å². The standard InChI is InChI=1S/C13H20N2O2/c14-9-13(5-2-6-13)12(17)15-8-10-3-1-4-11(16)7-10/h10-11,16H,1-8H2,(H,15,17). The molecule has 2 aliphatic carbocycles. The molecule has 2 aliphatic rings. The Kier molecular flexibility index (Phi) is 3.68. The number of carbonyl (C=O) groups is 1. The molecule has 2 fully saturated rings. The fourth-order valence-electron chi connectivity index (χ4n) is 2.77. The summed E-state index contributed by atoms with van der Waals surface area (Å²) in [5.41, 5.74) is -0.743. The number of aliphatic hydroxyl groups is 1. The van der Waals surface area contributed by atoms with Gasteiger partial charge in [-0.05, 0) is 44.4 Å². The number of rotatable bonds is 3. The molecule has 2 atom stereocenters. The first kappa shape index (κ1) is 12.4. The van der Waals surface area contributed by atoms with Crippen LogP contribution in [-0.4, -0.2) is 23.7 Å². The molecule has 2 saturated carbocycles. The van der Waals surface area contributed by atoms with Gasteiger partial charge in [0.1, 0.15) is 5.41 Å². The maximum atomic E-state index is 11.9. The predicted molar refractivity (Wildman–Crippen MR) is 62.9 cm³/mol. The van der Waals surface area contributed by atoms with Crippen LogP contribution in [0.15, 0.2) is 0 Å². The van der Waals surface area contributed by atoms with E-state index in [2.05, 4.69) is 11.4 Å². The van der Waals surface area contributed by atoms with Crippen molar-refractivity contribution in [3.8, 4) is 6.07 Å². The van der Waals surface area contributed by atoms with E-state index in [9.17, 15) is 9.90 Å². The summed E-state index contributed by atoms with van der Waals surface area (Å²) >= 11 is 0. The molecule has 2 unspecified atom stereocenters. The molecule has 94 valence electrons. The van der Waals surface area contributed by atoms with Crippen molar-refractivity contribution in [1.29, 1.82) is 5.26 Å². The molecule has 4 nitrogen and oxygen atoms in total. The minimum Gasteiger partial charge on any atom is -0.393 e. The minimum absolute atomic E-state index is 0.105. The predicted octanol–water partition coefficient (Wildman–Crippen LogP) is 1.35. The first-order valence-electron chi connectivity index (χ1n) is 6.54. The van der Waals surface area contributed by atoms with Gasteiger partial charge in [-0.15, -0.1) is 0 Å². The first-order valence-corrected chi connectivity index (χ1v) is 6.54. The third kappa shape index (κ3) is 2.61. The summed E-state index contributed by atoms with van der Waals surface area (Å²) in [6.07, 6.45) is 5.92. The molecular formula is C13H20N2O2. The van der Waals surface area contributed by atoms with Gasteiger partial charge in [0.2, 0.25) is 5.91 Å². The highest BCUT2D eigenvalue weighted by Crippen LogP contribution is 2.40. The number of hydrogen-bond acceptors (Lipinski definition) is 3. The number of nitrogens with zero attached hydrogens (tertiary/aromatic N) is 1. The number of aliphatic hydroxyl groups excluding tert-OH is 1. The van der Waals surface area contributed by atoms with E-state index in [1.807, 2.05) is 0 Å². The van der Waals surface area contributed by atoms with Gasteiger partial charge in [0.15, 0.2) is 0 Å². The average Bonchev–Trinajstić information content (AvgIpc) is 2.26. The van der Waals surface area contributed by atoms with Gasteiger partial charge < -0.3 is 10.4 Å². The van der Waals surface area contributed by atoms with E-state index in [1.54, 1.807) is 0 Å². The topological polar surface area (TPSA) is 73.1 Å². The monoisotopic (exact) mass is 236 g/mol. The molecule has 17 heavy (non-hydrogen) atoms. The van der Waals surface area contributed by atoms with E-state index >= 15 is 0 Å². The van der Waals surface area contributed by atoms with Gasteiger partial charge in [-0.2, -0.15) is 5.26 Å². The zero-order chi connectivity index (χ0) is 12.3. The highest BCUT2D eigenvalue weighted by molar-refractivity contribution is 5.86. The Morgan fingerprint density at radius 2 is 2.18 bits per heavy atom. The number of nitrogens with one attached hydrogen (secondary N) is 1. The molecule has 0 bridgehead atoms. The molecule has 1 amide bonds. The summed E-state index contributed by atoms with van der Waals surface area (Å²) in [5.74, 6) is 0.268. The minimum atomic E-state index is -0.743. The van der Waals surface area contributed by atoms with Crippen molar-refractivity contribution in [1.82, 2.24) is 5.32 Å². The van der Waals surface area contributed by atoms with Crippen LogP contribution in [0.1, 0.15) is 44.9 Å². The molecule has 0 saturated heterocycles.